The Hall–Kier alpha value is -2.80. The van der Waals surface area contributed by atoms with E-state index < -0.39 is 0 Å². The zero-order valence-electron chi connectivity index (χ0n) is 16.2. The lowest BCUT2D eigenvalue weighted by Gasteiger charge is -2.12. The Balaban J connectivity index is 1.64. The number of benzene rings is 2. The fraction of sp³-hybridized carbons (Fsp3) is 0.182. The van der Waals surface area contributed by atoms with Crippen LogP contribution in [0.25, 0.3) is 11.1 Å². The summed E-state index contributed by atoms with van der Waals surface area (Å²) in [6, 6.07) is 14.1. The highest BCUT2D eigenvalue weighted by molar-refractivity contribution is 6.44. The molecule has 0 atom stereocenters. The molecule has 0 aliphatic heterocycles. The normalized spacial score (nSPS) is 10.6. The van der Waals surface area contributed by atoms with E-state index >= 15 is 0 Å². The van der Waals surface area contributed by atoms with Crippen molar-refractivity contribution in [3.63, 3.8) is 0 Å². The quantitative estimate of drug-likeness (QED) is 0.505. The van der Waals surface area contributed by atoms with Gasteiger partial charge in [-0.3, -0.25) is 9.59 Å². The molecule has 2 N–H and O–H groups in total. The minimum absolute atomic E-state index is 0.133. The molecular formula is C22H20Cl2N2O4. The first kappa shape index (κ1) is 21.9. The maximum absolute atomic E-state index is 12.5. The first-order chi connectivity index (χ1) is 14.5. The van der Waals surface area contributed by atoms with Crippen molar-refractivity contribution in [2.24, 2.45) is 0 Å². The molecule has 0 fully saturated rings. The number of methoxy groups -OCH3 is 1. The van der Waals surface area contributed by atoms with Gasteiger partial charge in [0, 0.05) is 25.9 Å². The summed E-state index contributed by atoms with van der Waals surface area (Å²) in [4.78, 5) is 26.6. The number of halogens is 2. The van der Waals surface area contributed by atoms with Crippen LogP contribution in [0.5, 0.6) is 5.75 Å². The van der Waals surface area contributed by atoms with Gasteiger partial charge in [0.05, 0.1) is 17.2 Å². The predicted molar refractivity (Wildman–Crippen MR) is 118 cm³/mol. The van der Waals surface area contributed by atoms with Gasteiger partial charge < -0.3 is 19.8 Å². The number of H-pyrrole nitrogens is 1. The number of nitrogens with one attached hydrogen (secondary N) is 2. The minimum Gasteiger partial charge on any atom is -0.490 e. The predicted octanol–water partition coefficient (Wildman–Crippen LogP) is 4.30. The van der Waals surface area contributed by atoms with Gasteiger partial charge in [-0.2, -0.15) is 0 Å². The largest absolute Gasteiger partial charge is 0.490 e. The molecule has 3 aromatic rings. The monoisotopic (exact) mass is 446 g/mol. The lowest BCUT2D eigenvalue weighted by Crippen LogP contribution is -2.23. The van der Waals surface area contributed by atoms with E-state index in [0.717, 1.165) is 16.7 Å². The molecule has 0 saturated heterocycles. The van der Waals surface area contributed by atoms with E-state index in [2.05, 4.69) is 10.3 Å². The molecule has 2 aromatic carbocycles. The third kappa shape index (κ3) is 5.42. The molecular weight excluding hydrogens is 427 g/mol. The first-order valence-corrected chi connectivity index (χ1v) is 9.91. The van der Waals surface area contributed by atoms with Crippen molar-refractivity contribution >= 4 is 29.1 Å². The standard InChI is InChI=1S/C22H20Cl2N2O4/c1-29-10-11-30-18-7-6-17(20(23)21(18)24)22(28)26-13-14-2-4-15(5-3-14)16-8-9-25-19(27)12-16/h2-9,12H,10-11,13H2,1H3,(H,25,27)(H,26,28). The summed E-state index contributed by atoms with van der Waals surface area (Å²) in [6.07, 6.45) is 1.61. The lowest BCUT2D eigenvalue weighted by molar-refractivity contribution is 0.0951. The van der Waals surface area contributed by atoms with Crippen molar-refractivity contribution < 1.29 is 14.3 Å². The molecule has 0 aliphatic carbocycles. The highest BCUT2D eigenvalue weighted by atomic mass is 35.5. The third-order valence-corrected chi connectivity index (χ3v) is 5.22. The van der Waals surface area contributed by atoms with E-state index in [4.69, 9.17) is 32.7 Å². The summed E-state index contributed by atoms with van der Waals surface area (Å²) < 4.78 is 10.4. The third-order valence-electron chi connectivity index (χ3n) is 4.35. The maximum atomic E-state index is 12.5. The van der Waals surface area contributed by atoms with Crippen molar-refractivity contribution in [2.45, 2.75) is 6.54 Å². The molecule has 156 valence electrons. The Morgan fingerprint density at radius 1 is 1.00 bits per heavy atom. The highest BCUT2D eigenvalue weighted by Crippen LogP contribution is 2.34. The van der Waals surface area contributed by atoms with Gasteiger partial charge in [-0.25, -0.2) is 0 Å². The summed E-state index contributed by atoms with van der Waals surface area (Å²) in [5.41, 5.74) is 2.74. The molecule has 0 radical (unpaired) electrons. The Bertz CT molecular complexity index is 1080. The second kappa shape index (κ2) is 10.3. The van der Waals surface area contributed by atoms with Crippen LogP contribution in [0.15, 0.2) is 59.5 Å². The molecule has 6 nitrogen and oxygen atoms in total. The minimum atomic E-state index is -0.344. The van der Waals surface area contributed by atoms with Crippen LogP contribution in [0.1, 0.15) is 15.9 Å². The SMILES string of the molecule is COCCOc1ccc(C(=O)NCc2ccc(-c3cc[nH]c(=O)c3)cc2)c(Cl)c1Cl. The van der Waals surface area contributed by atoms with Crippen LogP contribution < -0.4 is 15.6 Å². The molecule has 1 aromatic heterocycles. The number of amides is 1. The van der Waals surface area contributed by atoms with Crippen molar-refractivity contribution in [1.29, 1.82) is 0 Å². The van der Waals surface area contributed by atoms with Crippen LogP contribution in [0.2, 0.25) is 10.0 Å². The number of hydrogen-bond donors (Lipinski definition) is 2. The van der Waals surface area contributed by atoms with Crippen molar-refractivity contribution in [2.75, 3.05) is 20.3 Å². The number of aromatic nitrogens is 1. The van der Waals surface area contributed by atoms with E-state index in [1.807, 2.05) is 30.3 Å². The summed E-state index contributed by atoms with van der Waals surface area (Å²) in [5.74, 6) is 0.0506. The number of hydrogen-bond acceptors (Lipinski definition) is 4. The first-order valence-electron chi connectivity index (χ1n) is 9.15. The van der Waals surface area contributed by atoms with E-state index in [1.54, 1.807) is 25.4 Å². The lowest BCUT2D eigenvalue weighted by atomic mass is 10.1. The fourth-order valence-corrected chi connectivity index (χ4v) is 3.23. The van der Waals surface area contributed by atoms with E-state index in [-0.39, 0.29) is 27.1 Å². The molecule has 1 heterocycles. The van der Waals surface area contributed by atoms with Gasteiger partial charge in [0.2, 0.25) is 5.56 Å². The molecule has 0 spiro atoms. The Morgan fingerprint density at radius 2 is 1.77 bits per heavy atom. The van der Waals surface area contributed by atoms with Crippen LogP contribution in [-0.2, 0) is 11.3 Å². The van der Waals surface area contributed by atoms with Gasteiger partial charge in [-0.15, -0.1) is 0 Å². The van der Waals surface area contributed by atoms with Crippen LogP contribution in [0.3, 0.4) is 0 Å². The highest BCUT2D eigenvalue weighted by Gasteiger charge is 2.16. The van der Waals surface area contributed by atoms with Gasteiger partial charge in [0.1, 0.15) is 17.4 Å². The van der Waals surface area contributed by atoms with Crippen LogP contribution in [0, 0.1) is 0 Å². The smallest absolute Gasteiger partial charge is 0.253 e. The summed E-state index contributed by atoms with van der Waals surface area (Å²) in [5, 5.41) is 3.14. The fourth-order valence-electron chi connectivity index (χ4n) is 2.77. The number of ether oxygens (including phenoxy) is 2. The van der Waals surface area contributed by atoms with Gasteiger partial charge in [-0.1, -0.05) is 47.5 Å². The van der Waals surface area contributed by atoms with Crippen molar-refractivity contribution in [3.05, 3.63) is 86.3 Å². The number of carbonyl (C=O) groups excluding carboxylic acids is 1. The summed E-state index contributed by atoms with van der Waals surface area (Å²) >= 11 is 12.5. The molecule has 1 amide bonds. The van der Waals surface area contributed by atoms with E-state index in [1.165, 1.54) is 6.07 Å². The van der Waals surface area contributed by atoms with Crippen LogP contribution in [-0.4, -0.2) is 31.2 Å². The molecule has 0 saturated carbocycles. The molecule has 0 aliphatic rings. The molecule has 8 heteroatoms. The molecule has 3 rings (SSSR count). The average molecular weight is 447 g/mol. The second-order valence-corrected chi connectivity index (χ2v) is 7.16. The van der Waals surface area contributed by atoms with Gasteiger partial charge in [0.25, 0.3) is 5.91 Å². The van der Waals surface area contributed by atoms with Crippen molar-refractivity contribution in [1.82, 2.24) is 10.3 Å². The van der Waals surface area contributed by atoms with Crippen LogP contribution in [0.4, 0.5) is 0 Å². The molecule has 30 heavy (non-hydrogen) atoms. The van der Waals surface area contributed by atoms with E-state index in [0.29, 0.717) is 25.5 Å². The molecule has 0 unspecified atom stereocenters. The summed E-state index contributed by atoms with van der Waals surface area (Å²) in [7, 11) is 1.57. The maximum Gasteiger partial charge on any atom is 0.253 e. The number of carbonyl (C=O) groups is 1. The Morgan fingerprint density at radius 3 is 2.47 bits per heavy atom. The Labute approximate surface area is 183 Å². The number of rotatable bonds is 8. The zero-order valence-corrected chi connectivity index (χ0v) is 17.7. The number of aromatic amines is 1. The topological polar surface area (TPSA) is 80.4 Å². The molecule has 0 bridgehead atoms. The second-order valence-electron chi connectivity index (χ2n) is 6.40. The average Bonchev–Trinajstić information content (AvgIpc) is 2.75. The number of pyridine rings is 1. The van der Waals surface area contributed by atoms with E-state index in [9.17, 15) is 9.59 Å². The van der Waals surface area contributed by atoms with Crippen molar-refractivity contribution in [3.8, 4) is 16.9 Å². The summed E-state index contributed by atoms with van der Waals surface area (Å²) in [6.45, 7) is 1.05. The zero-order chi connectivity index (χ0) is 21.5. The Kier molecular flexibility index (Phi) is 7.52. The van der Waals surface area contributed by atoms with Gasteiger partial charge in [-0.05, 0) is 34.9 Å². The van der Waals surface area contributed by atoms with Gasteiger partial charge >= 0.3 is 0 Å². The van der Waals surface area contributed by atoms with Gasteiger partial charge in [0.15, 0.2) is 0 Å². The van der Waals surface area contributed by atoms with Crippen LogP contribution >= 0.6 is 23.2 Å².